The van der Waals surface area contributed by atoms with E-state index < -0.39 is 12.1 Å². The smallest absolute Gasteiger partial charge is 0.319 e. The largest absolute Gasteiger partial charge is 0.394 e. The van der Waals surface area contributed by atoms with E-state index in [2.05, 4.69) is 16.7 Å². The van der Waals surface area contributed by atoms with Crippen molar-refractivity contribution in [2.75, 3.05) is 38.7 Å². The van der Waals surface area contributed by atoms with Gasteiger partial charge in [-0.05, 0) is 61.1 Å². The second kappa shape index (κ2) is 11.5. The fourth-order valence-electron chi connectivity index (χ4n) is 4.00. The number of aliphatic hydroxyl groups excluding tert-OH is 1. The van der Waals surface area contributed by atoms with Gasteiger partial charge in [-0.25, -0.2) is 4.79 Å². The summed E-state index contributed by atoms with van der Waals surface area (Å²) in [4.78, 5) is 27.2. The van der Waals surface area contributed by atoms with Gasteiger partial charge < -0.3 is 25.4 Å². The van der Waals surface area contributed by atoms with Gasteiger partial charge in [0.1, 0.15) is 0 Å². The lowest BCUT2D eigenvalue weighted by atomic mass is 9.89. The van der Waals surface area contributed by atoms with Gasteiger partial charge in [0.05, 0.1) is 30.9 Å². The molecule has 0 saturated carbocycles. The Hall–Kier alpha value is -3.41. The van der Waals surface area contributed by atoms with Crippen LogP contribution in [0.3, 0.4) is 0 Å². The van der Waals surface area contributed by atoms with Gasteiger partial charge in [0.15, 0.2) is 0 Å². The molecule has 1 aliphatic heterocycles. The number of carbonyl (C=O) groups is 2. The standard InChI is InChI=1S/C25H30N4O4/c1-17-3-6-21(13-23(17)28-25(32)27-22(15-30)16-33-2)24(31)29-11-9-20(10-12-29)19-7-4-18(14-26)5-8-19/h3-8,13,20,22,30H,9-12,15-16H2,1-2H3,(H2,27,28,32). The summed E-state index contributed by atoms with van der Waals surface area (Å²) in [6, 6.07) is 14.1. The van der Waals surface area contributed by atoms with Crippen LogP contribution in [0.15, 0.2) is 42.5 Å². The number of hydrogen-bond donors (Lipinski definition) is 3. The fourth-order valence-corrected chi connectivity index (χ4v) is 4.00. The molecule has 0 spiro atoms. The van der Waals surface area contributed by atoms with E-state index in [1.54, 1.807) is 12.1 Å². The van der Waals surface area contributed by atoms with E-state index >= 15 is 0 Å². The second-order valence-electron chi connectivity index (χ2n) is 8.26. The monoisotopic (exact) mass is 450 g/mol. The van der Waals surface area contributed by atoms with Crippen LogP contribution >= 0.6 is 0 Å². The van der Waals surface area contributed by atoms with Crippen LogP contribution in [-0.4, -0.2) is 61.4 Å². The molecule has 33 heavy (non-hydrogen) atoms. The number of nitrogens with zero attached hydrogens (tertiary/aromatic N) is 2. The Balaban J connectivity index is 1.61. The summed E-state index contributed by atoms with van der Waals surface area (Å²) >= 11 is 0. The molecule has 1 unspecified atom stereocenters. The highest BCUT2D eigenvalue weighted by Crippen LogP contribution is 2.29. The molecule has 1 atom stereocenters. The molecule has 8 nitrogen and oxygen atoms in total. The summed E-state index contributed by atoms with van der Waals surface area (Å²) in [5, 5.41) is 23.7. The summed E-state index contributed by atoms with van der Waals surface area (Å²) in [6.07, 6.45) is 1.72. The van der Waals surface area contributed by atoms with Gasteiger partial charge in [-0.2, -0.15) is 5.26 Å². The van der Waals surface area contributed by atoms with Crippen molar-refractivity contribution in [3.05, 3.63) is 64.7 Å². The number of anilines is 1. The summed E-state index contributed by atoms with van der Waals surface area (Å²) in [5.74, 6) is 0.302. The number of urea groups is 1. The van der Waals surface area contributed by atoms with Crippen molar-refractivity contribution in [2.24, 2.45) is 0 Å². The van der Waals surface area contributed by atoms with Crippen LogP contribution in [0, 0.1) is 18.3 Å². The number of nitrogens with one attached hydrogen (secondary N) is 2. The first-order valence-corrected chi connectivity index (χ1v) is 11.0. The molecule has 1 aliphatic rings. The lowest BCUT2D eigenvalue weighted by Crippen LogP contribution is -2.43. The van der Waals surface area contributed by atoms with Crippen molar-refractivity contribution < 1.29 is 19.4 Å². The van der Waals surface area contributed by atoms with Crippen molar-refractivity contribution in [3.8, 4) is 6.07 Å². The Morgan fingerprint density at radius 1 is 1.21 bits per heavy atom. The van der Waals surface area contributed by atoms with Crippen LogP contribution in [0.4, 0.5) is 10.5 Å². The number of piperidine rings is 1. The number of aliphatic hydroxyl groups is 1. The van der Waals surface area contributed by atoms with Crippen LogP contribution in [0.5, 0.6) is 0 Å². The van der Waals surface area contributed by atoms with Gasteiger partial charge in [0.25, 0.3) is 5.91 Å². The van der Waals surface area contributed by atoms with Crippen LogP contribution in [0.25, 0.3) is 0 Å². The highest BCUT2D eigenvalue weighted by atomic mass is 16.5. The molecule has 8 heteroatoms. The summed E-state index contributed by atoms with van der Waals surface area (Å²) in [5.41, 5.74) is 3.73. The molecule has 3 N–H and O–H groups in total. The number of amides is 3. The molecule has 3 amide bonds. The molecular weight excluding hydrogens is 420 g/mol. The van der Waals surface area contributed by atoms with E-state index in [9.17, 15) is 14.7 Å². The molecule has 2 aromatic rings. The Bertz CT molecular complexity index is 1010. The van der Waals surface area contributed by atoms with Crippen molar-refractivity contribution in [1.82, 2.24) is 10.2 Å². The Kier molecular flexibility index (Phi) is 8.41. The van der Waals surface area contributed by atoms with E-state index in [0.29, 0.717) is 35.8 Å². The molecule has 1 fully saturated rings. The van der Waals surface area contributed by atoms with Gasteiger partial charge in [0, 0.05) is 31.5 Å². The fraction of sp³-hybridized carbons (Fsp3) is 0.400. The number of ether oxygens (including phenoxy) is 1. The molecular formula is C25H30N4O4. The molecule has 174 valence electrons. The van der Waals surface area contributed by atoms with Gasteiger partial charge >= 0.3 is 6.03 Å². The first-order chi connectivity index (χ1) is 15.9. The number of hydrogen-bond acceptors (Lipinski definition) is 5. The molecule has 0 aliphatic carbocycles. The minimum Gasteiger partial charge on any atom is -0.394 e. The number of likely N-dealkylation sites (tertiary alicyclic amines) is 1. The first kappa shape index (κ1) is 24.2. The Morgan fingerprint density at radius 3 is 2.52 bits per heavy atom. The Morgan fingerprint density at radius 2 is 1.91 bits per heavy atom. The normalized spacial score (nSPS) is 14.9. The zero-order valence-corrected chi connectivity index (χ0v) is 19.0. The summed E-state index contributed by atoms with van der Waals surface area (Å²) in [6.45, 7) is 3.11. The molecule has 2 aromatic carbocycles. The van der Waals surface area contributed by atoms with Crippen molar-refractivity contribution >= 4 is 17.6 Å². The molecule has 0 aromatic heterocycles. The van der Waals surface area contributed by atoms with Crippen LogP contribution < -0.4 is 10.6 Å². The highest BCUT2D eigenvalue weighted by molar-refractivity contribution is 5.97. The first-order valence-electron chi connectivity index (χ1n) is 11.0. The van der Waals surface area contributed by atoms with Gasteiger partial charge in [-0.1, -0.05) is 18.2 Å². The average molecular weight is 451 g/mol. The van der Waals surface area contributed by atoms with E-state index in [-0.39, 0.29) is 19.1 Å². The maximum Gasteiger partial charge on any atom is 0.319 e. The van der Waals surface area contributed by atoms with E-state index in [4.69, 9.17) is 10.00 Å². The number of rotatable bonds is 7. The lowest BCUT2D eigenvalue weighted by Gasteiger charge is -2.32. The summed E-state index contributed by atoms with van der Waals surface area (Å²) < 4.78 is 4.97. The predicted molar refractivity (Wildman–Crippen MR) is 125 cm³/mol. The zero-order chi connectivity index (χ0) is 23.8. The second-order valence-corrected chi connectivity index (χ2v) is 8.26. The topological polar surface area (TPSA) is 115 Å². The minimum absolute atomic E-state index is 0.0654. The van der Waals surface area contributed by atoms with Crippen LogP contribution in [0.1, 0.15) is 45.8 Å². The third-order valence-corrected chi connectivity index (χ3v) is 5.95. The van der Waals surface area contributed by atoms with Gasteiger partial charge in [-0.15, -0.1) is 0 Å². The number of methoxy groups -OCH3 is 1. The molecule has 0 radical (unpaired) electrons. The van der Waals surface area contributed by atoms with Gasteiger partial charge in [-0.3, -0.25) is 4.79 Å². The summed E-state index contributed by atoms with van der Waals surface area (Å²) in [7, 11) is 1.49. The zero-order valence-electron chi connectivity index (χ0n) is 19.0. The SMILES string of the molecule is COCC(CO)NC(=O)Nc1cc(C(=O)N2CCC(c3ccc(C#N)cc3)CC2)ccc1C. The Labute approximate surface area is 194 Å². The quantitative estimate of drug-likeness (QED) is 0.600. The third-order valence-electron chi connectivity index (χ3n) is 5.95. The maximum absolute atomic E-state index is 13.1. The minimum atomic E-state index is -0.516. The van der Waals surface area contributed by atoms with Crippen molar-refractivity contribution in [1.29, 1.82) is 5.26 Å². The number of benzene rings is 2. The van der Waals surface area contributed by atoms with E-state index in [0.717, 1.165) is 18.4 Å². The number of nitriles is 1. The van der Waals surface area contributed by atoms with Crippen molar-refractivity contribution in [2.45, 2.75) is 31.7 Å². The molecule has 1 saturated heterocycles. The molecule has 3 rings (SSSR count). The van der Waals surface area contributed by atoms with Crippen LogP contribution in [0.2, 0.25) is 0 Å². The molecule has 1 heterocycles. The van der Waals surface area contributed by atoms with E-state index in [1.165, 1.54) is 12.7 Å². The molecule has 0 bridgehead atoms. The third kappa shape index (κ3) is 6.31. The highest BCUT2D eigenvalue weighted by Gasteiger charge is 2.25. The predicted octanol–water partition coefficient (Wildman–Crippen LogP) is 3.02. The number of aryl methyl sites for hydroxylation is 1. The van der Waals surface area contributed by atoms with E-state index in [1.807, 2.05) is 42.2 Å². The van der Waals surface area contributed by atoms with Crippen molar-refractivity contribution in [3.63, 3.8) is 0 Å². The van der Waals surface area contributed by atoms with Crippen LogP contribution in [-0.2, 0) is 4.74 Å². The average Bonchev–Trinajstić information content (AvgIpc) is 2.84. The maximum atomic E-state index is 13.1. The lowest BCUT2D eigenvalue weighted by molar-refractivity contribution is 0.0713. The van der Waals surface area contributed by atoms with Gasteiger partial charge in [0.2, 0.25) is 0 Å². The number of carbonyl (C=O) groups excluding carboxylic acids is 2.